The number of hydrogen-bond donors (Lipinski definition) is 0. The molecule has 0 radical (unpaired) electrons. The molecule has 7 aliphatic rings. The summed E-state index contributed by atoms with van der Waals surface area (Å²) < 4.78 is 15.2. The summed E-state index contributed by atoms with van der Waals surface area (Å²) in [7, 11) is 4.53. The van der Waals surface area contributed by atoms with Crippen LogP contribution in [-0.4, -0.2) is 38.0 Å². The maximum absolute atomic E-state index is 7.14. The van der Waals surface area contributed by atoms with Crippen LogP contribution in [0.1, 0.15) is 83.7 Å². The van der Waals surface area contributed by atoms with Crippen LogP contribution in [0.3, 0.4) is 0 Å². The summed E-state index contributed by atoms with van der Waals surface area (Å²) in [6.07, 6.45) is 21.8. The van der Waals surface area contributed by atoms with E-state index in [1.807, 2.05) is 0 Å². The van der Waals surface area contributed by atoms with Crippen molar-refractivity contribution in [3.8, 4) is 11.1 Å². The topological polar surface area (TPSA) is 38.5 Å². The fourth-order valence-electron chi connectivity index (χ4n) is 12.2. The number of allylic oxidation sites excluding steroid dienone is 4. The van der Waals surface area contributed by atoms with Crippen LogP contribution < -0.4 is 28.5 Å². The number of furan rings is 1. The number of anilines is 2. The van der Waals surface area contributed by atoms with Crippen molar-refractivity contribution in [1.29, 1.82) is 0 Å². The first-order chi connectivity index (χ1) is 31.5. The van der Waals surface area contributed by atoms with Gasteiger partial charge in [-0.1, -0.05) is 0 Å². The standard InChI is InChI=1S/C57H49IN5O/c1-60-27-29-62-51-35-49-47-26-25-40(37-15-7-4-8-16-37)34-52(47)64-55(49)54-53(51)58(56(60)62,57-61(2)28-30-63(54)57)59-50-33-41(39-23-21-38(22-24-39)36-13-5-3-6-14-36)31-42-32-48(44-18-10-9-17-43(42)44)45-19-11-12-20-46(45)50/h4,7-12,15-31,33-36,48,56-57H,3,5-6,13-14,32H2,1-2H3/q-1/b41-33+,42-31+,59-50?. The molecular formula is C57H49IN5O-. The summed E-state index contributed by atoms with van der Waals surface area (Å²) in [4.78, 5) is 10.0. The van der Waals surface area contributed by atoms with Gasteiger partial charge in [0.15, 0.2) is 0 Å². The van der Waals surface area contributed by atoms with Crippen molar-refractivity contribution in [2.24, 2.45) is 3.21 Å². The Bertz CT molecular complexity index is 3260. The van der Waals surface area contributed by atoms with E-state index in [9.17, 15) is 0 Å². The van der Waals surface area contributed by atoms with E-state index in [0.717, 1.165) is 39.6 Å². The molecule has 5 heterocycles. The van der Waals surface area contributed by atoms with Crippen LogP contribution in [0, 0.1) is 3.57 Å². The van der Waals surface area contributed by atoms with E-state index in [1.54, 1.807) is 0 Å². The predicted molar refractivity (Wildman–Crippen MR) is 258 cm³/mol. The molecule has 316 valence electrons. The molecule has 1 aromatic heterocycles. The molecule has 4 atom stereocenters. The van der Waals surface area contributed by atoms with Crippen molar-refractivity contribution in [2.45, 2.75) is 58.7 Å². The van der Waals surface area contributed by atoms with Crippen LogP contribution in [0.15, 0.2) is 172 Å². The molecule has 1 saturated carbocycles. The minimum absolute atomic E-state index is 0.0474. The summed E-state index contributed by atoms with van der Waals surface area (Å²) in [6, 6.07) is 47.8. The van der Waals surface area contributed by atoms with Gasteiger partial charge in [0, 0.05) is 0 Å². The van der Waals surface area contributed by atoms with Crippen molar-refractivity contribution >= 4 is 50.2 Å². The average Bonchev–Trinajstić information content (AvgIpc) is 4.19. The normalized spacial score (nSPS) is 27.1. The summed E-state index contributed by atoms with van der Waals surface area (Å²) in [5, 5.41) is 2.30. The van der Waals surface area contributed by atoms with Crippen molar-refractivity contribution in [1.82, 2.24) is 9.80 Å². The molecule has 64 heavy (non-hydrogen) atoms. The summed E-state index contributed by atoms with van der Waals surface area (Å²) in [5.74, 6) is 0.914. The fraction of sp³-hybridized carbons (Fsp3) is 0.211. The van der Waals surface area contributed by atoms with Crippen LogP contribution in [-0.2, 0) is 0 Å². The molecular weight excluding hydrogens is 898 g/mol. The van der Waals surface area contributed by atoms with Gasteiger partial charge in [-0.2, -0.15) is 0 Å². The van der Waals surface area contributed by atoms with Crippen LogP contribution in [0.2, 0.25) is 0 Å². The van der Waals surface area contributed by atoms with E-state index in [-0.39, 0.29) is 14.3 Å². The summed E-state index contributed by atoms with van der Waals surface area (Å²) in [6.45, 7) is 0. The number of fused-ring (bicyclic) bond motifs is 17. The monoisotopic (exact) mass is 946 g/mol. The number of nitrogens with zero attached hydrogens (tertiary/aromatic N) is 5. The second kappa shape index (κ2) is 13.8. The van der Waals surface area contributed by atoms with Gasteiger partial charge in [0.2, 0.25) is 0 Å². The van der Waals surface area contributed by atoms with Gasteiger partial charge in [-0.3, -0.25) is 0 Å². The molecule has 7 aromatic rings. The SMILES string of the molecule is CN1C=CN2c3cc4c(oc5cc(-c6ccccc6)ccc54)c4c3[I-](N=C3/C=C(c5ccc(C6CCCCC6)cc5)\C=C5/CC(c6ccccc63)c3ccccc35)(C12)C1N(C)C=CN41. The number of rotatable bonds is 4. The van der Waals surface area contributed by atoms with E-state index >= 15 is 0 Å². The van der Waals surface area contributed by atoms with Crippen molar-refractivity contribution in [2.75, 3.05) is 23.9 Å². The van der Waals surface area contributed by atoms with Crippen molar-refractivity contribution in [3.63, 3.8) is 0 Å². The Morgan fingerprint density at radius 3 is 2.09 bits per heavy atom. The molecule has 0 N–H and O–H groups in total. The third-order valence-corrected chi connectivity index (χ3v) is 25.6. The molecule has 2 bridgehead atoms. The quantitative estimate of drug-likeness (QED) is 0.0999. The zero-order valence-corrected chi connectivity index (χ0v) is 38.3. The first-order valence-electron chi connectivity index (χ1n) is 23.1. The van der Waals surface area contributed by atoms with Gasteiger partial charge in [0.1, 0.15) is 0 Å². The van der Waals surface area contributed by atoms with Crippen molar-refractivity contribution < 1.29 is 23.1 Å². The average molecular weight is 947 g/mol. The van der Waals surface area contributed by atoms with Gasteiger partial charge in [-0.25, -0.2) is 0 Å². The Balaban J connectivity index is 1.03. The third-order valence-electron chi connectivity index (χ3n) is 15.1. The van der Waals surface area contributed by atoms with Crippen LogP contribution in [0.5, 0.6) is 0 Å². The molecule has 7 heteroatoms. The predicted octanol–water partition coefficient (Wildman–Crippen LogP) is 10.1. The van der Waals surface area contributed by atoms with Gasteiger partial charge in [0.05, 0.1) is 0 Å². The van der Waals surface area contributed by atoms with Crippen LogP contribution in [0.4, 0.5) is 11.4 Å². The van der Waals surface area contributed by atoms with Gasteiger partial charge in [-0.15, -0.1) is 0 Å². The minimum atomic E-state index is -3.77. The number of alkyl halides is 2. The van der Waals surface area contributed by atoms with E-state index in [0.29, 0.717) is 5.92 Å². The van der Waals surface area contributed by atoms with Crippen LogP contribution in [0.25, 0.3) is 44.2 Å². The molecule has 6 aromatic carbocycles. The first kappa shape index (κ1) is 37.1. The van der Waals surface area contributed by atoms with Crippen molar-refractivity contribution in [3.05, 3.63) is 201 Å². The summed E-state index contributed by atoms with van der Waals surface area (Å²) in [5.41, 5.74) is 18.6. The zero-order valence-electron chi connectivity index (χ0n) is 36.2. The molecule has 6 nitrogen and oxygen atoms in total. The summed E-state index contributed by atoms with van der Waals surface area (Å²) >= 11 is -3.77. The molecule has 4 aliphatic heterocycles. The molecule has 4 unspecified atom stereocenters. The Morgan fingerprint density at radius 2 is 1.30 bits per heavy atom. The number of halogens is 1. The number of benzene rings is 6. The Labute approximate surface area is 379 Å². The van der Waals surface area contributed by atoms with Gasteiger partial charge < -0.3 is 0 Å². The van der Waals surface area contributed by atoms with Gasteiger partial charge in [-0.05, 0) is 0 Å². The molecule has 0 spiro atoms. The molecule has 1 fully saturated rings. The van der Waals surface area contributed by atoms with E-state index in [2.05, 4.69) is 198 Å². The molecule has 0 saturated heterocycles. The molecule has 0 amide bonds. The maximum atomic E-state index is 7.14. The Morgan fingerprint density at radius 1 is 0.609 bits per heavy atom. The number of hydrogen-bond acceptors (Lipinski definition) is 6. The zero-order chi connectivity index (χ0) is 42.3. The van der Waals surface area contributed by atoms with E-state index in [1.165, 1.54) is 97.1 Å². The molecule has 14 rings (SSSR count). The first-order valence-corrected chi connectivity index (χ1v) is 27.6. The van der Waals surface area contributed by atoms with Gasteiger partial charge in [0.25, 0.3) is 0 Å². The van der Waals surface area contributed by atoms with E-state index < -0.39 is 18.7 Å². The second-order valence-electron chi connectivity index (χ2n) is 18.7. The molecule has 3 aliphatic carbocycles. The third kappa shape index (κ3) is 5.16. The van der Waals surface area contributed by atoms with Gasteiger partial charge >= 0.3 is 381 Å². The second-order valence-corrected chi connectivity index (χ2v) is 26.1. The fourth-order valence-corrected chi connectivity index (χ4v) is 24.4. The van der Waals surface area contributed by atoms with E-state index in [4.69, 9.17) is 7.62 Å². The van der Waals surface area contributed by atoms with Crippen LogP contribution >= 0.6 is 0 Å². The Kier molecular flexibility index (Phi) is 8.02. The Hall–Kier alpha value is -6.32.